The number of hydrogen-bond donors (Lipinski definition) is 2. The number of benzene rings is 2. The second-order valence-corrected chi connectivity index (χ2v) is 8.34. The molecular formula is C26H33N3O5. The standard InChI is InChI=1S/C26H33N3O5/c1-6-33-26(32)21-12-10-20(11-13-21)15-27-29-25(31)22(14-17(2)3)28-23(30)16-34-24-18(4)8-7-9-19(24)5/h7-13,15,17,22H,6,14,16H2,1-5H3,(H,28,30)(H,29,31)/b27-15-/t22-/m0/s1. The van der Waals surface area contributed by atoms with Crippen molar-refractivity contribution in [3.05, 3.63) is 64.7 Å². The molecule has 0 aliphatic rings. The zero-order valence-corrected chi connectivity index (χ0v) is 20.4. The van der Waals surface area contributed by atoms with Gasteiger partial charge in [0, 0.05) is 0 Å². The van der Waals surface area contributed by atoms with Crippen LogP contribution in [0.2, 0.25) is 0 Å². The summed E-state index contributed by atoms with van der Waals surface area (Å²) >= 11 is 0. The van der Waals surface area contributed by atoms with E-state index in [4.69, 9.17) is 9.47 Å². The number of hydrazone groups is 1. The maximum atomic E-state index is 12.7. The van der Waals surface area contributed by atoms with Crippen LogP contribution >= 0.6 is 0 Å². The molecule has 2 aromatic rings. The fourth-order valence-electron chi connectivity index (χ4n) is 3.27. The van der Waals surface area contributed by atoms with Gasteiger partial charge < -0.3 is 14.8 Å². The van der Waals surface area contributed by atoms with Crippen molar-refractivity contribution in [2.45, 2.75) is 47.1 Å². The van der Waals surface area contributed by atoms with Crippen LogP contribution in [0.15, 0.2) is 47.6 Å². The van der Waals surface area contributed by atoms with Gasteiger partial charge in [-0.25, -0.2) is 10.2 Å². The van der Waals surface area contributed by atoms with Crippen molar-refractivity contribution in [3.63, 3.8) is 0 Å². The smallest absolute Gasteiger partial charge is 0.338 e. The van der Waals surface area contributed by atoms with E-state index in [0.29, 0.717) is 29.9 Å². The third-order valence-electron chi connectivity index (χ3n) is 4.93. The van der Waals surface area contributed by atoms with E-state index in [2.05, 4.69) is 15.8 Å². The molecular weight excluding hydrogens is 434 g/mol. The lowest BCUT2D eigenvalue weighted by Crippen LogP contribution is -2.47. The predicted molar refractivity (Wildman–Crippen MR) is 131 cm³/mol. The van der Waals surface area contributed by atoms with E-state index in [0.717, 1.165) is 11.1 Å². The van der Waals surface area contributed by atoms with Gasteiger partial charge in [-0.05, 0) is 61.9 Å². The van der Waals surface area contributed by atoms with E-state index in [1.165, 1.54) is 6.21 Å². The van der Waals surface area contributed by atoms with Crippen molar-refractivity contribution in [2.24, 2.45) is 11.0 Å². The molecule has 0 heterocycles. The SMILES string of the molecule is CCOC(=O)c1ccc(/C=N\NC(=O)[C@H](CC(C)C)NC(=O)COc2c(C)cccc2C)cc1. The Bertz CT molecular complexity index is 995. The zero-order chi connectivity index (χ0) is 25.1. The average Bonchev–Trinajstić information content (AvgIpc) is 2.78. The highest BCUT2D eigenvalue weighted by atomic mass is 16.5. The third-order valence-corrected chi connectivity index (χ3v) is 4.93. The summed E-state index contributed by atoms with van der Waals surface area (Å²) in [5, 5.41) is 6.72. The van der Waals surface area contributed by atoms with E-state index < -0.39 is 17.9 Å². The minimum Gasteiger partial charge on any atom is -0.483 e. The summed E-state index contributed by atoms with van der Waals surface area (Å²) in [6, 6.07) is 11.6. The molecule has 8 nitrogen and oxygen atoms in total. The van der Waals surface area contributed by atoms with Crippen LogP contribution in [0.25, 0.3) is 0 Å². The van der Waals surface area contributed by atoms with E-state index in [1.54, 1.807) is 31.2 Å². The molecule has 8 heteroatoms. The zero-order valence-electron chi connectivity index (χ0n) is 20.4. The number of nitrogens with zero attached hydrogens (tertiary/aromatic N) is 1. The molecule has 0 aromatic heterocycles. The molecule has 0 aliphatic carbocycles. The Hall–Kier alpha value is -3.68. The minimum atomic E-state index is -0.752. The molecule has 2 aromatic carbocycles. The highest BCUT2D eigenvalue weighted by Gasteiger charge is 2.22. The third kappa shape index (κ3) is 8.35. The summed E-state index contributed by atoms with van der Waals surface area (Å²) < 4.78 is 10.6. The molecule has 0 fully saturated rings. The molecule has 0 unspecified atom stereocenters. The normalized spacial score (nSPS) is 11.8. The van der Waals surface area contributed by atoms with Gasteiger partial charge in [0.15, 0.2) is 6.61 Å². The Morgan fingerprint density at radius 3 is 2.26 bits per heavy atom. The highest BCUT2D eigenvalue weighted by Crippen LogP contribution is 2.22. The van der Waals surface area contributed by atoms with Gasteiger partial charge >= 0.3 is 5.97 Å². The molecule has 0 spiro atoms. The lowest BCUT2D eigenvalue weighted by Gasteiger charge is -2.19. The lowest BCUT2D eigenvalue weighted by atomic mass is 10.0. The fraction of sp³-hybridized carbons (Fsp3) is 0.385. The second-order valence-electron chi connectivity index (χ2n) is 8.34. The van der Waals surface area contributed by atoms with Gasteiger partial charge in [-0.2, -0.15) is 5.10 Å². The van der Waals surface area contributed by atoms with Crippen LogP contribution < -0.4 is 15.5 Å². The summed E-state index contributed by atoms with van der Waals surface area (Å²) in [6.45, 7) is 9.62. The summed E-state index contributed by atoms with van der Waals surface area (Å²) in [7, 11) is 0. The number of para-hydroxylation sites is 1. The summed E-state index contributed by atoms with van der Waals surface area (Å²) in [5.74, 6) is -0.361. The fourth-order valence-corrected chi connectivity index (χ4v) is 3.27. The van der Waals surface area contributed by atoms with Gasteiger partial charge in [-0.1, -0.05) is 44.2 Å². The number of rotatable bonds is 11. The molecule has 0 bridgehead atoms. The van der Waals surface area contributed by atoms with Gasteiger partial charge in [0.05, 0.1) is 18.4 Å². The maximum Gasteiger partial charge on any atom is 0.338 e. The lowest BCUT2D eigenvalue weighted by molar-refractivity contribution is -0.130. The van der Waals surface area contributed by atoms with Gasteiger partial charge in [-0.3, -0.25) is 9.59 Å². The molecule has 2 N–H and O–H groups in total. The number of hydrogen-bond acceptors (Lipinski definition) is 6. The van der Waals surface area contributed by atoms with E-state index in [1.807, 2.05) is 45.9 Å². The molecule has 34 heavy (non-hydrogen) atoms. The minimum absolute atomic E-state index is 0.176. The Morgan fingerprint density at radius 2 is 1.68 bits per heavy atom. The Kier molecular flexibility index (Phi) is 10.3. The number of nitrogens with one attached hydrogen (secondary N) is 2. The largest absolute Gasteiger partial charge is 0.483 e. The maximum absolute atomic E-state index is 12.7. The van der Waals surface area contributed by atoms with Crippen LogP contribution in [0.4, 0.5) is 0 Å². The second kappa shape index (κ2) is 13.1. The van der Waals surface area contributed by atoms with E-state index >= 15 is 0 Å². The highest BCUT2D eigenvalue weighted by molar-refractivity contribution is 5.91. The number of carbonyl (C=O) groups excluding carboxylic acids is 3. The Labute approximate surface area is 200 Å². The topological polar surface area (TPSA) is 106 Å². The number of carbonyl (C=O) groups is 3. The molecule has 0 saturated heterocycles. The monoisotopic (exact) mass is 467 g/mol. The van der Waals surface area contributed by atoms with Crippen molar-refractivity contribution >= 4 is 24.0 Å². The summed E-state index contributed by atoms with van der Waals surface area (Å²) in [4.78, 5) is 36.8. The number of ether oxygens (including phenoxy) is 2. The van der Waals surface area contributed by atoms with Crippen molar-refractivity contribution < 1.29 is 23.9 Å². The average molecular weight is 468 g/mol. The van der Waals surface area contributed by atoms with Crippen LogP contribution in [0.3, 0.4) is 0 Å². The number of aryl methyl sites for hydroxylation is 2. The summed E-state index contributed by atoms with van der Waals surface area (Å²) in [5.41, 5.74) is 5.48. The van der Waals surface area contributed by atoms with E-state index in [9.17, 15) is 14.4 Å². The molecule has 0 radical (unpaired) electrons. The first-order valence-electron chi connectivity index (χ1n) is 11.3. The van der Waals surface area contributed by atoms with Crippen LogP contribution in [0.1, 0.15) is 54.2 Å². The quantitative estimate of drug-likeness (QED) is 0.299. The first kappa shape index (κ1) is 26.6. The number of amides is 2. The van der Waals surface area contributed by atoms with Crippen molar-refractivity contribution in [1.82, 2.24) is 10.7 Å². The first-order valence-corrected chi connectivity index (χ1v) is 11.3. The summed E-state index contributed by atoms with van der Waals surface area (Å²) in [6.07, 6.45) is 1.91. The van der Waals surface area contributed by atoms with Crippen molar-refractivity contribution in [2.75, 3.05) is 13.2 Å². The Balaban J connectivity index is 1.94. The van der Waals surface area contributed by atoms with Crippen molar-refractivity contribution in [1.29, 1.82) is 0 Å². The van der Waals surface area contributed by atoms with Crippen LogP contribution in [0.5, 0.6) is 5.75 Å². The number of esters is 1. The predicted octanol–water partition coefficient (Wildman–Crippen LogP) is 3.54. The molecule has 2 rings (SSSR count). The van der Waals surface area contributed by atoms with Crippen molar-refractivity contribution in [3.8, 4) is 5.75 Å². The Morgan fingerprint density at radius 1 is 1.03 bits per heavy atom. The molecule has 182 valence electrons. The first-order chi connectivity index (χ1) is 16.2. The van der Waals surface area contributed by atoms with Gasteiger partial charge in [0.1, 0.15) is 11.8 Å². The van der Waals surface area contributed by atoms with Crippen LogP contribution in [-0.2, 0) is 14.3 Å². The molecule has 0 saturated carbocycles. The molecule has 1 atom stereocenters. The van der Waals surface area contributed by atoms with Crippen LogP contribution in [-0.4, -0.2) is 43.3 Å². The molecule has 0 aliphatic heterocycles. The van der Waals surface area contributed by atoms with E-state index in [-0.39, 0.29) is 18.4 Å². The van der Waals surface area contributed by atoms with Gasteiger partial charge in [-0.15, -0.1) is 0 Å². The van der Waals surface area contributed by atoms with Gasteiger partial charge in [0.25, 0.3) is 11.8 Å². The van der Waals surface area contributed by atoms with Crippen LogP contribution in [0, 0.1) is 19.8 Å². The van der Waals surface area contributed by atoms with Gasteiger partial charge in [0.2, 0.25) is 0 Å². The molecule has 2 amide bonds.